The molecule has 1 aromatic rings. The van der Waals surface area contributed by atoms with E-state index in [1.807, 2.05) is 0 Å². The summed E-state index contributed by atoms with van der Waals surface area (Å²) in [5.74, 6) is 0.700. The van der Waals surface area contributed by atoms with E-state index in [4.69, 9.17) is 4.74 Å². The van der Waals surface area contributed by atoms with Crippen LogP contribution in [0.1, 0.15) is 12.8 Å². The number of ether oxygens (including phenoxy) is 1. The number of anilines is 1. The van der Waals surface area contributed by atoms with Crippen molar-refractivity contribution in [3.63, 3.8) is 0 Å². The number of phenolic OH excluding ortho intramolecular Hbond substituents is 1. The van der Waals surface area contributed by atoms with Crippen molar-refractivity contribution < 1.29 is 14.6 Å². The molecule has 0 bridgehead atoms. The molecule has 1 aliphatic rings. The number of phenols is 1. The number of aromatic hydroxyl groups is 1. The van der Waals surface area contributed by atoms with Gasteiger partial charge in [-0.05, 0) is 43.0 Å². The molecular formula is C14H20N2O3. The zero-order chi connectivity index (χ0) is 13.7. The Labute approximate surface area is 113 Å². The summed E-state index contributed by atoms with van der Waals surface area (Å²) in [4.78, 5) is 13.5. The molecule has 2 N–H and O–H groups in total. The fourth-order valence-electron chi connectivity index (χ4n) is 2.09. The predicted octanol–water partition coefficient (Wildman–Crippen LogP) is 1.96. The number of urea groups is 1. The van der Waals surface area contributed by atoms with E-state index in [9.17, 15) is 9.90 Å². The summed E-state index contributed by atoms with van der Waals surface area (Å²) in [6.45, 7) is 2.26. The molecule has 0 atom stereocenters. The molecule has 0 saturated carbocycles. The van der Waals surface area contributed by atoms with Crippen molar-refractivity contribution in [3.05, 3.63) is 24.3 Å². The van der Waals surface area contributed by atoms with Crippen LogP contribution in [0.5, 0.6) is 5.75 Å². The van der Waals surface area contributed by atoms with Crippen molar-refractivity contribution in [3.8, 4) is 5.75 Å². The Morgan fingerprint density at radius 1 is 1.37 bits per heavy atom. The van der Waals surface area contributed by atoms with Crippen LogP contribution in [0.2, 0.25) is 0 Å². The number of carbonyl (C=O) groups is 1. The number of carbonyl (C=O) groups excluding carboxylic acids is 1. The molecule has 2 amide bonds. The Hall–Kier alpha value is -1.75. The number of amides is 2. The first-order valence-electron chi connectivity index (χ1n) is 6.55. The highest BCUT2D eigenvalue weighted by Gasteiger charge is 2.16. The lowest BCUT2D eigenvalue weighted by Gasteiger charge is -2.24. The topological polar surface area (TPSA) is 61.8 Å². The van der Waals surface area contributed by atoms with Crippen LogP contribution in [-0.4, -0.2) is 37.9 Å². The summed E-state index contributed by atoms with van der Waals surface area (Å²) in [7, 11) is 1.71. The second-order valence-corrected chi connectivity index (χ2v) is 4.82. The van der Waals surface area contributed by atoms with E-state index in [0.29, 0.717) is 12.5 Å². The minimum atomic E-state index is -0.128. The van der Waals surface area contributed by atoms with E-state index < -0.39 is 0 Å². The highest BCUT2D eigenvalue weighted by atomic mass is 16.5. The van der Waals surface area contributed by atoms with Crippen LogP contribution in [0.25, 0.3) is 0 Å². The van der Waals surface area contributed by atoms with Gasteiger partial charge >= 0.3 is 6.03 Å². The molecule has 1 heterocycles. The maximum Gasteiger partial charge on any atom is 0.321 e. The Kier molecular flexibility index (Phi) is 4.63. The maximum atomic E-state index is 12.0. The van der Waals surface area contributed by atoms with Crippen LogP contribution in [0.3, 0.4) is 0 Å². The molecule has 19 heavy (non-hydrogen) atoms. The van der Waals surface area contributed by atoms with Crippen molar-refractivity contribution in [2.24, 2.45) is 5.92 Å². The first-order valence-corrected chi connectivity index (χ1v) is 6.55. The number of nitrogens with zero attached hydrogens (tertiary/aromatic N) is 1. The number of benzene rings is 1. The molecule has 5 nitrogen and oxygen atoms in total. The fraction of sp³-hybridized carbons (Fsp3) is 0.500. The fourth-order valence-corrected chi connectivity index (χ4v) is 2.09. The predicted molar refractivity (Wildman–Crippen MR) is 73.5 cm³/mol. The largest absolute Gasteiger partial charge is 0.508 e. The lowest BCUT2D eigenvalue weighted by atomic mass is 10.0. The quantitative estimate of drug-likeness (QED) is 0.877. The molecule has 0 aliphatic carbocycles. The molecule has 1 fully saturated rings. The van der Waals surface area contributed by atoms with Crippen LogP contribution in [0, 0.1) is 5.92 Å². The first-order chi connectivity index (χ1) is 9.16. The van der Waals surface area contributed by atoms with Crippen LogP contribution in [0.4, 0.5) is 10.5 Å². The number of nitrogens with one attached hydrogen (secondary N) is 1. The Morgan fingerprint density at radius 3 is 2.63 bits per heavy atom. The van der Waals surface area contributed by atoms with Gasteiger partial charge in [0.25, 0.3) is 0 Å². The van der Waals surface area contributed by atoms with Gasteiger partial charge in [-0.2, -0.15) is 0 Å². The second kappa shape index (κ2) is 6.43. The lowest BCUT2D eigenvalue weighted by molar-refractivity contribution is 0.0670. The zero-order valence-electron chi connectivity index (χ0n) is 11.1. The summed E-state index contributed by atoms with van der Waals surface area (Å²) in [5, 5.41) is 12.2. The van der Waals surface area contributed by atoms with Crippen molar-refractivity contribution in [2.45, 2.75) is 12.8 Å². The molecular weight excluding hydrogens is 244 g/mol. The summed E-state index contributed by atoms with van der Waals surface area (Å²) in [6, 6.07) is 6.43. The van der Waals surface area contributed by atoms with Crippen LogP contribution < -0.4 is 10.2 Å². The highest BCUT2D eigenvalue weighted by molar-refractivity contribution is 5.91. The van der Waals surface area contributed by atoms with Gasteiger partial charge in [-0.3, -0.25) is 4.90 Å². The molecule has 2 rings (SSSR count). The van der Waals surface area contributed by atoms with E-state index in [-0.39, 0.29) is 11.8 Å². The van der Waals surface area contributed by atoms with Crippen LogP contribution >= 0.6 is 0 Å². The van der Waals surface area contributed by atoms with E-state index in [2.05, 4.69) is 5.32 Å². The van der Waals surface area contributed by atoms with Gasteiger partial charge in [0.15, 0.2) is 0 Å². The van der Waals surface area contributed by atoms with Crippen molar-refractivity contribution in [1.29, 1.82) is 0 Å². The van der Waals surface area contributed by atoms with Gasteiger partial charge in [0, 0.05) is 32.5 Å². The van der Waals surface area contributed by atoms with Gasteiger partial charge in [0.1, 0.15) is 5.75 Å². The molecule has 0 aromatic heterocycles. The van der Waals surface area contributed by atoms with Gasteiger partial charge in [0.2, 0.25) is 0 Å². The average Bonchev–Trinajstić information content (AvgIpc) is 2.46. The molecule has 0 radical (unpaired) electrons. The average molecular weight is 264 g/mol. The third-order valence-electron chi connectivity index (χ3n) is 3.42. The highest BCUT2D eigenvalue weighted by Crippen LogP contribution is 2.17. The van der Waals surface area contributed by atoms with Gasteiger partial charge in [-0.25, -0.2) is 4.79 Å². The van der Waals surface area contributed by atoms with Crippen molar-refractivity contribution in [1.82, 2.24) is 5.32 Å². The van der Waals surface area contributed by atoms with Crippen LogP contribution in [-0.2, 0) is 4.74 Å². The summed E-state index contributed by atoms with van der Waals surface area (Å²) in [6.07, 6.45) is 2.01. The number of hydrogen-bond donors (Lipinski definition) is 2. The molecule has 1 saturated heterocycles. The molecule has 1 aliphatic heterocycles. The minimum Gasteiger partial charge on any atom is -0.508 e. The monoisotopic (exact) mass is 264 g/mol. The summed E-state index contributed by atoms with van der Waals surface area (Å²) in [5.41, 5.74) is 0.752. The Balaban J connectivity index is 1.83. The van der Waals surface area contributed by atoms with E-state index >= 15 is 0 Å². The van der Waals surface area contributed by atoms with E-state index in [1.54, 1.807) is 36.2 Å². The SMILES string of the molecule is CN(C(=O)NCC1CCOCC1)c1ccc(O)cc1. The molecule has 0 unspecified atom stereocenters. The Morgan fingerprint density at radius 2 is 2.00 bits per heavy atom. The van der Waals surface area contributed by atoms with Gasteiger partial charge in [0.05, 0.1) is 0 Å². The smallest absolute Gasteiger partial charge is 0.321 e. The van der Waals surface area contributed by atoms with Crippen molar-refractivity contribution >= 4 is 11.7 Å². The maximum absolute atomic E-state index is 12.0. The second-order valence-electron chi connectivity index (χ2n) is 4.82. The first kappa shape index (κ1) is 13.7. The molecule has 1 aromatic carbocycles. The lowest BCUT2D eigenvalue weighted by Crippen LogP contribution is -2.40. The summed E-state index contributed by atoms with van der Waals surface area (Å²) >= 11 is 0. The molecule has 0 spiro atoms. The molecule has 104 valence electrons. The van der Waals surface area contributed by atoms with Gasteiger partial charge in [-0.1, -0.05) is 0 Å². The van der Waals surface area contributed by atoms with Gasteiger partial charge in [-0.15, -0.1) is 0 Å². The number of hydrogen-bond acceptors (Lipinski definition) is 3. The van der Waals surface area contributed by atoms with Crippen LogP contribution in [0.15, 0.2) is 24.3 Å². The van der Waals surface area contributed by atoms with Gasteiger partial charge < -0.3 is 15.2 Å². The zero-order valence-corrected chi connectivity index (χ0v) is 11.1. The summed E-state index contributed by atoms with van der Waals surface area (Å²) < 4.78 is 5.29. The van der Waals surface area contributed by atoms with E-state index in [0.717, 1.165) is 31.7 Å². The van der Waals surface area contributed by atoms with E-state index in [1.165, 1.54) is 0 Å². The third-order valence-corrected chi connectivity index (χ3v) is 3.42. The molecule has 5 heteroatoms. The minimum absolute atomic E-state index is 0.128. The van der Waals surface area contributed by atoms with Crippen molar-refractivity contribution in [2.75, 3.05) is 31.7 Å². The third kappa shape index (κ3) is 3.86. The normalized spacial score (nSPS) is 16.1. The Bertz CT molecular complexity index is 413. The number of rotatable bonds is 3. The standard InChI is InChI=1S/C14H20N2O3/c1-16(12-2-4-13(17)5-3-12)14(18)15-10-11-6-8-19-9-7-11/h2-5,11,17H,6-10H2,1H3,(H,15,18).